The van der Waals surface area contributed by atoms with Crippen LogP contribution < -0.4 is 5.32 Å². The summed E-state index contributed by atoms with van der Waals surface area (Å²) in [6, 6.07) is 4.56. The second-order valence-corrected chi connectivity index (χ2v) is 4.19. The van der Waals surface area contributed by atoms with E-state index >= 15 is 0 Å². The highest BCUT2D eigenvalue weighted by Crippen LogP contribution is 2.17. The second kappa shape index (κ2) is 4.11. The average Bonchev–Trinajstić information content (AvgIpc) is 2.20. The van der Waals surface area contributed by atoms with Crippen molar-refractivity contribution in [3.05, 3.63) is 35.1 Å². The molecule has 0 amide bonds. The first-order valence-corrected chi connectivity index (χ1v) is 4.88. The maximum Gasteiger partial charge on any atom is 0.185 e. The summed E-state index contributed by atoms with van der Waals surface area (Å²) in [5, 5.41) is 2.87. The molecule has 0 fully saturated rings. The van der Waals surface area contributed by atoms with Crippen molar-refractivity contribution in [1.29, 1.82) is 0 Å². The minimum atomic E-state index is -0.741. The second-order valence-electron chi connectivity index (χ2n) is 4.19. The Labute approximate surface area is 89.5 Å². The number of halogens is 1. The number of hydrogen-bond acceptors (Lipinski definition) is 2. The SMILES string of the molecule is CNC(C)(C)C(=O)c1cc(C)ccc1F. The fourth-order valence-corrected chi connectivity index (χ4v) is 1.26. The van der Waals surface area contributed by atoms with Crippen molar-refractivity contribution in [3.63, 3.8) is 0 Å². The number of carbonyl (C=O) groups is 1. The van der Waals surface area contributed by atoms with Gasteiger partial charge in [0.05, 0.1) is 11.1 Å². The van der Waals surface area contributed by atoms with Gasteiger partial charge in [-0.05, 0) is 40.0 Å². The van der Waals surface area contributed by atoms with Gasteiger partial charge in [-0.15, -0.1) is 0 Å². The maximum atomic E-state index is 13.4. The lowest BCUT2D eigenvalue weighted by molar-refractivity contribution is 0.0885. The summed E-state index contributed by atoms with van der Waals surface area (Å²) >= 11 is 0. The Kier molecular flexibility index (Phi) is 3.25. The molecule has 0 aliphatic carbocycles. The first kappa shape index (κ1) is 11.9. The third kappa shape index (κ3) is 2.42. The van der Waals surface area contributed by atoms with Gasteiger partial charge < -0.3 is 5.32 Å². The Morgan fingerprint density at radius 1 is 1.40 bits per heavy atom. The summed E-state index contributed by atoms with van der Waals surface area (Å²) in [5.74, 6) is -0.694. The van der Waals surface area contributed by atoms with Crippen LogP contribution in [0.2, 0.25) is 0 Å². The van der Waals surface area contributed by atoms with E-state index in [1.807, 2.05) is 6.92 Å². The molecule has 15 heavy (non-hydrogen) atoms. The monoisotopic (exact) mass is 209 g/mol. The summed E-state index contributed by atoms with van der Waals surface area (Å²) in [6.07, 6.45) is 0. The number of hydrogen-bond donors (Lipinski definition) is 1. The topological polar surface area (TPSA) is 29.1 Å². The standard InChI is InChI=1S/C12H16FNO/c1-8-5-6-10(13)9(7-8)11(15)12(2,3)14-4/h5-7,14H,1-4H3. The molecule has 0 bridgehead atoms. The van der Waals surface area contributed by atoms with Crippen molar-refractivity contribution in [2.75, 3.05) is 7.05 Å². The quantitative estimate of drug-likeness (QED) is 0.774. The van der Waals surface area contributed by atoms with Crippen molar-refractivity contribution < 1.29 is 9.18 Å². The Hall–Kier alpha value is -1.22. The molecule has 0 aliphatic rings. The van der Waals surface area contributed by atoms with Gasteiger partial charge in [0, 0.05) is 0 Å². The zero-order valence-corrected chi connectivity index (χ0v) is 9.52. The number of rotatable bonds is 3. The molecule has 0 radical (unpaired) electrons. The lowest BCUT2D eigenvalue weighted by atomic mass is 9.92. The Bertz CT molecular complexity index is 385. The van der Waals surface area contributed by atoms with Crippen LogP contribution in [0.3, 0.4) is 0 Å². The third-order valence-corrected chi connectivity index (χ3v) is 2.56. The average molecular weight is 209 g/mol. The molecule has 1 aromatic rings. The van der Waals surface area contributed by atoms with E-state index in [0.29, 0.717) is 0 Å². The van der Waals surface area contributed by atoms with E-state index in [4.69, 9.17) is 0 Å². The molecule has 0 aromatic heterocycles. The molecular formula is C12H16FNO. The highest BCUT2D eigenvalue weighted by Gasteiger charge is 2.28. The van der Waals surface area contributed by atoms with Gasteiger partial charge in [0.2, 0.25) is 0 Å². The summed E-state index contributed by atoms with van der Waals surface area (Å²) in [5.41, 5.74) is 0.287. The maximum absolute atomic E-state index is 13.4. The van der Waals surface area contributed by atoms with Crippen LogP contribution in [0.15, 0.2) is 18.2 Å². The van der Waals surface area contributed by atoms with Gasteiger partial charge in [-0.3, -0.25) is 4.79 Å². The molecule has 0 heterocycles. The fourth-order valence-electron chi connectivity index (χ4n) is 1.26. The Balaban J connectivity index is 3.17. The number of aryl methyl sites for hydroxylation is 1. The number of Topliss-reactive ketones (excluding diaryl/α,β-unsaturated/α-hetero) is 1. The normalized spacial score (nSPS) is 11.5. The number of carbonyl (C=O) groups excluding carboxylic acids is 1. The van der Waals surface area contributed by atoms with Gasteiger partial charge >= 0.3 is 0 Å². The number of benzene rings is 1. The highest BCUT2D eigenvalue weighted by molar-refractivity contribution is 6.03. The van der Waals surface area contributed by atoms with Crippen molar-refractivity contribution in [2.24, 2.45) is 0 Å². The molecule has 0 atom stereocenters. The Morgan fingerprint density at radius 2 is 2.00 bits per heavy atom. The van der Waals surface area contributed by atoms with Crippen LogP contribution in [0.1, 0.15) is 29.8 Å². The molecule has 1 rings (SSSR count). The molecule has 0 aliphatic heterocycles. The van der Waals surface area contributed by atoms with Crippen LogP contribution in [0, 0.1) is 12.7 Å². The van der Waals surface area contributed by atoms with Crippen LogP contribution in [-0.2, 0) is 0 Å². The van der Waals surface area contributed by atoms with Crippen LogP contribution >= 0.6 is 0 Å². The molecule has 82 valence electrons. The summed E-state index contributed by atoms with van der Waals surface area (Å²) in [6.45, 7) is 5.30. The first-order valence-electron chi connectivity index (χ1n) is 4.88. The first-order chi connectivity index (χ1) is 6.88. The van der Waals surface area contributed by atoms with Crippen molar-refractivity contribution >= 4 is 5.78 Å². The summed E-state index contributed by atoms with van der Waals surface area (Å²) in [4.78, 5) is 12.0. The minimum Gasteiger partial charge on any atom is -0.308 e. The highest BCUT2D eigenvalue weighted by atomic mass is 19.1. The van der Waals surface area contributed by atoms with Gasteiger partial charge in [0.25, 0.3) is 0 Å². The molecule has 0 saturated heterocycles. The summed E-state index contributed by atoms with van der Waals surface area (Å²) in [7, 11) is 1.69. The number of likely N-dealkylation sites (N-methyl/N-ethyl adjacent to an activating group) is 1. The van der Waals surface area contributed by atoms with Gasteiger partial charge in [-0.1, -0.05) is 11.6 Å². The third-order valence-electron chi connectivity index (χ3n) is 2.56. The van der Waals surface area contributed by atoms with Gasteiger partial charge in [-0.25, -0.2) is 4.39 Å². The van der Waals surface area contributed by atoms with Gasteiger partial charge in [0.1, 0.15) is 5.82 Å². The number of ketones is 1. The van der Waals surface area contributed by atoms with E-state index in [1.54, 1.807) is 33.0 Å². The fraction of sp³-hybridized carbons (Fsp3) is 0.417. The predicted octanol–water partition coefficient (Wildman–Crippen LogP) is 2.31. The number of nitrogens with one attached hydrogen (secondary N) is 1. The van der Waals surface area contributed by atoms with Crippen molar-refractivity contribution in [1.82, 2.24) is 5.32 Å². The van der Waals surface area contributed by atoms with Crippen molar-refractivity contribution in [2.45, 2.75) is 26.3 Å². The Morgan fingerprint density at radius 3 is 2.53 bits per heavy atom. The smallest absolute Gasteiger partial charge is 0.185 e. The van der Waals surface area contributed by atoms with Crippen LogP contribution in [0.5, 0.6) is 0 Å². The van der Waals surface area contributed by atoms with Gasteiger partial charge in [-0.2, -0.15) is 0 Å². The zero-order valence-electron chi connectivity index (χ0n) is 9.52. The molecule has 3 heteroatoms. The lowest BCUT2D eigenvalue weighted by Crippen LogP contribution is -2.44. The van der Waals surface area contributed by atoms with E-state index < -0.39 is 11.4 Å². The van der Waals surface area contributed by atoms with Crippen LogP contribution in [0.4, 0.5) is 4.39 Å². The lowest BCUT2D eigenvalue weighted by Gasteiger charge is -2.22. The predicted molar refractivity (Wildman–Crippen MR) is 58.6 cm³/mol. The van der Waals surface area contributed by atoms with E-state index in [1.165, 1.54) is 6.07 Å². The van der Waals surface area contributed by atoms with E-state index in [-0.39, 0.29) is 11.3 Å². The van der Waals surface area contributed by atoms with Gasteiger partial charge in [0.15, 0.2) is 5.78 Å². The molecule has 0 saturated carbocycles. The zero-order chi connectivity index (χ0) is 11.6. The molecular weight excluding hydrogens is 193 g/mol. The van der Waals surface area contributed by atoms with Crippen LogP contribution in [-0.4, -0.2) is 18.4 Å². The van der Waals surface area contributed by atoms with E-state index in [9.17, 15) is 9.18 Å². The molecule has 0 spiro atoms. The van der Waals surface area contributed by atoms with E-state index in [0.717, 1.165) is 5.56 Å². The molecule has 2 nitrogen and oxygen atoms in total. The molecule has 1 aromatic carbocycles. The molecule has 0 unspecified atom stereocenters. The minimum absolute atomic E-state index is 0.148. The largest absolute Gasteiger partial charge is 0.308 e. The molecule has 1 N–H and O–H groups in total. The summed E-state index contributed by atoms with van der Waals surface area (Å²) < 4.78 is 13.4. The van der Waals surface area contributed by atoms with Crippen molar-refractivity contribution in [3.8, 4) is 0 Å². The van der Waals surface area contributed by atoms with Crippen LogP contribution in [0.25, 0.3) is 0 Å². The van der Waals surface area contributed by atoms with E-state index in [2.05, 4.69) is 5.32 Å².